The molecule has 1 aromatic rings. The van der Waals surface area contributed by atoms with E-state index in [9.17, 15) is 0 Å². The van der Waals surface area contributed by atoms with Crippen LogP contribution in [-0.4, -0.2) is 26.1 Å². The minimum atomic E-state index is -0.314. The van der Waals surface area contributed by atoms with E-state index in [4.69, 9.17) is 9.31 Å². The summed E-state index contributed by atoms with van der Waals surface area (Å²) in [4.78, 5) is 0. The second-order valence-corrected chi connectivity index (χ2v) is 6.50. The van der Waals surface area contributed by atoms with Crippen molar-refractivity contribution in [3.8, 4) is 0 Å². The molecule has 2 heterocycles. The lowest BCUT2D eigenvalue weighted by Crippen LogP contribution is -2.38. The highest BCUT2D eigenvalue weighted by molar-refractivity contribution is 14.1. The summed E-state index contributed by atoms with van der Waals surface area (Å²) >= 11 is 2.28. The lowest BCUT2D eigenvalue weighted by atomic mass is 9.82. The zero-order chi connectivity index (χ0) is 11.3. The molecular weight excluding hydrogens is 306 g/mol. The topological polar surface area (TPSA) is 36.3 Å². The molecule has 2 rings (SSSR count). The molecule has 0 N–H and O–H groups in total. The molecule has 1 unspecified atom stereocenters. The average Bonchev–Trinajstić information content (AvgIpc) is 2.56. The van der Waals surface area contributed by atoms with E-state index >= 15 is 0 Å². The van der Waals surface area contributed by atoms with Gasteiger partial charge < -0.3 is 9.31 Å². The van der Waals surface area contributed by atoms with Gasteiger partial charge in [0.05, 0.1) is 5.60 Å². The van der Waals surface area contributed by atoms with Crippen molar-refractivity contribution in [2.24, 2.45) is 7.05 Å². The number of rotatable bonds is 1. The van der Waals surface area contributed by atoms with Crippen LogP contribution >= 0.6 is 22.6 Å². The molecule has 0 spiro atoms. The molecule has 1 saturated heterocycles. The smallest absolute Gasteiger partial charge is 0.398 e. The van der Waals surface area contributed by atoms with Gasteiger partial charge in [-0.1, -0.05) is 0 Å². The Morgan fingerprint density at radius 3 is 2.47 bits per heavy atom. The molecule has 0 saturated carbocycles. The number of halogens is 1. The molecule has 1 fully saturated rings. The zero-order valence-electron chi connectivity index (χ0n) is 9.32. The Bertz CT molecular complexity index is 362. The molecule has 1 aromatic heterocycles. The van der Waals surface area contributed by atoms with Crippen LogP contribution in [0.5, 0.6) is 0 Å². The second kappa shape index (κ2) is 3.46. The van der Waals surface area contributed by atoms with Crippen molar-refractivity contribution in [1.82, 2.24) is 9.78 Å². The van der Waals surface area contributed by atoms with Crippen molar-refractivity contribution >= 4 is 35.2 Å². The third-order valence-corrected chi connectivity index (χ3v) is 4.36. The molecular formula is C9H14BIN2O2. The lowest BCUT2D eigenvalue weighted by Gasteiger charge is -2.30. The summed E-state index contributed by atoms with van der Waals surface area (Å²) in [5.74, 6) is 0. The number of aromatic nitrogens is 2. The molecule has 6 heteroatoms. The van der Waals surface area contributed by atoms with Crippen LogP contribution in [-0.2, 0) is 16.4 Å². The van der Waals surface area contributed by atoms with Crippen LogP contribution in [0.2, 0.25) is 0 Å². The number of hydrogen-bond donors (Lipinski definition) is 0. The number of hydrogen-bond acceptors (Lipinski definition) is 3. The maximum atomic E-state index is 5.88. The van der Waals surface area contributed by atoms with Gasteiger partial charge in [0.2, 0.25) is 0 Å². The van der Waals surface area contributed by atoms with Gasteiger partial charge in [-0.3, -0.25) is 4.68 Å². The van der Waals surface area contributed by atoms with Crippen LogP contribution in [0.1, 0.15) is 20.8 Å². The van der Waals surface area contributed by atoms with Crippen LogP contribution in [0.3, 0.4) is 0 Å². The normalized spacial score (nSPS) is 29.8. The van der Waals surface area contributed by atoms with Crippen molar-refractivity contribution in [2.45, 2.75) is 30.0 Å². The van der Waals surface area contributed by atoms with Gasteiger partial charge in [0.1, 0.15) is 3.61 Å². The van der Waals surface area contributed by atoms with E-state index in [1.807, 2.05) is 34.0 Å². The fourth-order valence-corrected chi connectivity index (χ4v) is 1.80. The largest absolute Gasteiger partial charge is 0.498 e. The van der Waals surface area contributed by atoms with Crippen LogP contribution < -0.4 is 5.46 Å². The van der Waals surface area contributed by atoms with Crippen molar-refractivity contribution in [3.05, 3.63) is 12.4 Å². The van der Waals surface area contributed by atoms with E-state index in [0.29, 0.717) is 0 Å². The SMILES string of the molecule is Cn1cc(B2OC(C)(C)C(C)(I)O2)cn1. The Morgan fingerprint density at radius 2 is 2.07 bits per heavy atom. The maximum absolute atomic E-state index is 5.88. The summed E-state index contributed by atoms with van der Waals surface area (Å²) < 4.78 is 13.2. The Hall–Kier alpha value is -0.0751. The van der Waals surface area contributed by atoms with Gasteiger partial charge in [-0.15, -0.1) is 0 Å². The summed E-state index contributed by atoms with van der Waals surface area (Å²) in [7, 11) is 1.57. The predicted octanol–water partition coefficient (Wildman–Crippen LogP) is 1.09. The van der Waals surface area contributed by atoms with Crippen molar-refractivity contribution in [1.29, 1.82) is 0 Å². The van der Waals surface area contributed by atoms with Crippen molar-refractivity contribution in [3.63, 3.8) is 0 Å². The standard InChI is InChI=1S/C9H14BIN2O2/c1-8(2)9(3,11)15-10(14-8)7-5-12-13(4)6-7/h5-6H,1-4H3. The second-order valence-electron chi connectivity index (χ2n) is 4.44. The Labute approximate surface area is 104 Å². The summed E-state index contributed by atoms with van der Waals surface area (Å²) in [6, 6.07) is 0. The first kappa shape index (κ1) is 11.4. The van der Waals surface area contributed by atoms with E-state index in [-0.39, 0.29) is 16.3 Å². The molecule has 0 aromatic carbocycles. The van der Waals surface area contributed by atoms with E-state index in [1.54, 1.807) is 10.9 Å². The van der Waals surface area contributed by atoms with Gasteiger partial charge in [0, 0.05) is 24.9 Å². The highest BCUT2D eigenvalue weighted by Crippen LogP contribution is 2.41. The van der Waals surface area contributed by atoms with E-state index < -0.39 is 0 Å². The first-order valence-corrected chi connectivity index (χ1v) is 5.93. The predicted molar refractivity (Wildman–Crippen MR) is 67.3 cm³/mol. The average molecular weight is 320 g/mol. The minimum absolute atomic E-state index is 0.298. The van der Waals surface area contributed by atoms with Crippen LogP contribution in [0.4, 0.5) is 0 Å². The van der Waals surface area contributed by atoms with Crippen LogP contribution in [0, 0.1) is 0 Å². The van der Waals surface area contributed by atoms with E-state index in [2.05, 4.69) is 27.7 Å². The third-order valence-electron chi connectivity index (χ3n) is 2.80. The Balaban J connectivity index is 2.23. The quantitative estimate of drug-likeness (QED) is 0.442. The maximum Gasteiger partial charge on any atom is 0.498 e. The molecule has 1 atom stereocenters. The van der Waals surface area contributed by atoms with E-state index in [1.165, 1.54) is 0 Å². The fraction of sp³-hybridized carbons (Fsp3) is 0.667. The van der Waals surface area contributed by atoms with Gasteiger partial charge >= 0.3 is 7.12 Å². The Kier molecular flexibility index (Phi) is 2.63. The summed E-state index contributed by atoms with van der Waals surface area (Å²) in [6.45, 7) is 6.11. The molecule has 82 valence electrons. The van der Waals surface area contributed by atoms with Crippen LogP contribution in [0.15, 0.2) is 12.4 Å². The molecule has 1 aliphatic rings. The first-order valence-electron chi connectivity index (χ1n) is 4.85. The molecule has 0 radical (unpaired) electrons. The number of nitrogens with zero attached hydrogens (tertiary/aromatic N) is 2. The first-order chi connectivity index (χ1) is 6.82. The fourth-order valence-electron chi connectivity index (χ4n) is 1.44. The Morgan fingerprint density at radius 1 is 1.40 bits per heavy atom. The molecule has 15 heavy (non-hydrogen) atoms. The minimum Gasteiger partial charge on any atom is -0.398 e. The zero-order valence-corrected chi connectivity index (χ0v) is 11.5. The van der Waals surface area contributed by atoms with Gasteiger partial charge in [-0.05, 0) is 43.4 Å². The van der Waals surface area contributed by atoms with Crippen LogP contribution in [0.25, 0.3) is 0 Å². The summed E-state index contributed by atoms with van der Waals surface area (Å²) in [5, 5.41) is 4.11. The summed E-state index contributed by atoms with van der Waals surface area (Å²) in [5.41, 5.74) is 0.666. The molecule has 4 nitrogen and oxygen atoms in total. The molecule has 0 aliphatic carbocycles. The number of alkyl halides is 1. The number of aryl methyl sites for hydroxylation is 1. The monoisotopic (exact) mass is 320 g/mol. The molecule has 1 aliphatic heterocycles. The molecule has 0 amide bonds. The molecule has 0 bridgehead atoms. The highest BCUT2D eigenvalue weighted by atomic mass is 127. The summed E-state index contributed by atoms with van der Waals surface area (Å²) in [6.07, 6.45) is 3.69. The van der Waals surface area contributed by atoms with Crippen molar-refractivity contribution < 1.29 is 9.31 Å². The van der Waals surface area contributed by atoms with Crippen molar-refractivity contribution in [2.75, 3.05) is 0 Å². The highest BCUT2D eigenvalue weighted by Gasteiger charge is 2.53. The lowest BCUT2D eigenvalue weighted by molar-refractivity contribution is 0.0726. The van der Waals surface area contributed by atoms with Gasteiger partial charge in [0.25, 0.3) is 0 Å². The van der Waals surface area contributed by atoms with Gasteiger partial charge in [0.15, 0.2) is 0 Å². The van der Waals surface area contributed by atoms with Gasteiger partial charge in [-0.2, -0.15) is 5.10 Å². The van der Waals surface area contributed by atoms with E-state index in [0.717, 1.165) is 5.46 Å². The van der Waals surface area contributed by atoms with Gasteiger partial charge in [-0.25, -0.2) is 0 Å². The third kappa shape index (κ3) is 1.94.